The summed E-state index contributed by atoms with van der Waals surface area (Å²) in [5, 5.41) is 17.1. The zero-order chi connectivity index (χ0) is 25.3. The number of anilines is 1. The van der Waals surface area contributed by atoms with Crippen molar-refractivity contribution in [3.05, 3.63) is 41.2 Å². The molecular formula is C24H32F3N3O4. The molecule has 1 amide bonds. The Balaban J connectivity index is 1.94. The van der Waals surface area contributed by atoms with Gasteiger partial charge in [0.1, 0.15) is 18.1 Å². The molecule has 2 heterocycles. The Morgan fingerprint density at radius 2 is 1.94 bits per heavy atom. The summed E-state index contributed by atoms with van der Waals surface area (Å²) in [6.07, 6.45) is -2.92. The summed E-state index contributed by atoms with van der Waals surface area (Å²) >= 11 is 0. The molecule has 1 saturated heterocycles. The minimum Gasteiger partial charge on any atom is -0.488 e. The van der Waals surface area contributed by atoms with E-state index in [1.165, 1.54) is 13.8 Å². The van der Waals surface area contributed by atoms with Crippen molar-refractivity contribution in [3.63, 3.8) is 0 Å². The van der Waals surface area contributed by atoms with Gasteiger partial charge in [-0.25, -0.2) is 0 Å². The highest BCUT2D eigenvalue weighted by Crippen LogP contribution is 2.36. The number of rotatable bonds is 7. The highest BCUT2D eigenvalue weighted by atomic mass is 19.4. The molecule has 1 aliphatic heterocycles. The van der Waals surface area contributed by atoms with E-state index in [0.717, 1.165) is 31.0 Å². The Morgan fingerprint density at radius 3 is 2.50 bits per heavy atom. The molecule has 0 radical (unpaired) electrons. The van der Waals surface area contributed by atoms with Gasteiger partial charge in [0.25, 0.3) is 5.91 Å². The minimum absolute atomic E-state index is 0.0183. The highest BCUT2D eigenvalue weighted by Gasteiger charge is 2.32. The van der Waals surface area contributed by atoms with Crippen molar-refractivity contribution < 1.29 is 32.5 Å². The van der Waals surface area contributed by atoms with E-state index in [2.05, 4.69) is 10.4 Å². The van der Waals surface area contributed by atoms with E-state index < -0.39 is 23.2 Å². The van der Waals surface area contributed by atoms with E-state index in [4.69, 9.17) is 9.47 Å². The Labute approximate surface area is 197 Å². The Hall–Kier alpha value is -2.59. The third-order valence-electron chi connectivity index (χ3n) is 5.32. The third kappa shape index (κ3) is 6.73. The number of amides is 1. The van der Waals surface area contributed by atoms with Crippen molar-refractivity contribution in [2.45, 2.75) is 77.3 Å². The third-order valence-corrected chi connectivity index (χ3v) is 5.32. The van der Waals surface area contributed by atoms with Crippen LogP contribution in [0.5, 0.6) is 5.75 Å². The molecule has 1 aromatic heterocycles. The van der Waals surface area contributed by atoms with E-state index in [9.17, 15) is 23.1 Å². The molecule has 2 aromatic rings. The highest BCUT2D eigenvalue weighted by molar-refractivity contribution is 6.04. The van der Waals surface area contributed by atoms with Crippen molar-refractivity contribution in [1.82, 2.24) is 9.78 Å². The summed E-state index contributed by atoms with van der Waals surface area (Å²) in [4.78, 5) is 13.3. The quantitative estimate of drug-likeness (QED) is 0.592. The Bertz CT molecular complexity index is 1010. The SMILES string of the molecule is CC(C)(O)COc1ccc(C(F)(F)F)cc1NC(=O)c1cc(C(C)(C)C)nn1C[C@H]1CCCO1. The first kappa shape index (κ1) is 26.0. The normalized spacial score (nSPS) is 17.1. The van der Waals surface area contributed by atoms with Crippen LogP contribution >= 0.6 is 0 Å². The second-order valence-electron chi connectivity index (χ2n) is 10.2. The van der Waals surface area contributed by atoms with Crippen molar-refractivity contribution in [1.29, 1.82) is 0 Å². The van der Waals surface area contributed by atoms with Gasteiger partial charge >= 0.3 is 6.18 Å². The number of aliphatic hydroxyl groups is 1. The first-order valence-corrected chi connectivity index (χ1v) is 11.2. The molecule has 2 N–H and O–H groups in total. The Kier molecular flexibility index (Phi) is 7.33. The lowest BCUT2D eigenvalue weighted by Crippen LogP contribution is -2.28. The molecule has 0 saturated carbocycles. The molecule has 1 atom stereocenters. The second kappa shape index (κ2) is 9.58. The molecule has 0 unspecified atom stereocenters. The van der Waals surface area contributed by atoms with Gasteiger partial charge < -0.3 is 19.9 Å². The zero-order valence-corrected chi connectivity index (χ0v) is 20.1. The van der Waals surface area contributed by atoms with E-state index in [-0.39, 0.29) is 35.3 Å². The molecule has 10 heteroatoms. The first-order valence-electron chi connectivity index (χ1n) is 11.2. The Morgan fingerprint density at radius 1 is 1.24 bits per heavy atom. The number of carbonyl (C=O) groups excluding carboxylic acids is 1. The zero-order valence-electron chi connectivity index (χ0n) is 20.1. The minimum atomic E-state index is -4.60. The molecule has 1 aromatic carbocycles. The number of benzene rings is 1. The number of aromatic nitrogens is 2. The molecule has 0 bridgehead atoms. The van der Waals surface area contributed by atoms with Crippen molar-refractivity contribution in [2.75, 3.05) is 18.5 Å². The molecule has 0 aliphatic carbocycles. The van der Waals surface area contributed by atoms with Gasteiger partial charge in [-0.05, 0) is 51.0 Å². The van der Waals surface area contributed by atoms with Gasteiger partial charge in [0.05, 0.1) is 35.2 Å². The second-order valence-corrected chi connectivity index (χ2v) is 10.2. The summed E-state index contributed by atoms with van der Waals surface area (Å²) in [5.41, 5.74) is -1.74. The standard InChI is InChI=1S/C24H32F3N3O4/c1-22(2,3)20-12-18(30(29-20)13-16-7-6-10-33-16)21(31)28-17-11-15(24(25,26)27)8-9-19(17)34-14-23(4,5)32/h8-9,11-12,16,32H,6-7,10,13-14H2,1-5H3,(H,28,31)/t16-/m1/s1. The molecule has 34 heavy (non-hydrogen) atoms. The molecule has 0 spiro atoms. The number of alkyl halides is 3. The molecule has 3 rings (SSSR count). The fourth-order valence-electron chi connectivity index (χ4n) is 3.46. The van der Waals surface area contributed by atoms with Crippen LogP contribution in [0.1, 0.15) is 69.2 Å². The van der Waals surface area contributed by atoms with Crippen LogP contribution in [0.25, 0.3) is 0 Å². The summed E-state index contributed by atoms with van der Waals surface area (Å²) in [6, 6.07) is 4.47. The largest absolute Gasteiger partial charge is 0.488 e. The van der Waals surface area contributed by atoms with Gasteiger partial charge in [-0.15, -0.1) is 0 Å². The van der Waals surface area contributed by atoms with E-state index >= 15 is 0 Å². The fraction of sp³-hybridized carbons (Fsp3) is 0.583. The summed E-state index contributed by atoms with van der Waals surface area (Å²) < 4.78 is 52.8. The lowest BCUT2D eigenvalue weighted by Gasteiger charge is -2.20. The van der Waals surface area contributed by atoms with Crippen LogP contribution in [0, 0.1) is 0 Å². The maximum absolute atomic E-state index is 13.3. The van der Waals surface area contributed by atoms with Crippen LogP contribution < -0.4 is 10.1 Å². The van der Waals surface area contributed by atoms with Gasteiger partial charge in [-0.1, -0.05) is 20.8 Å². The number of halogens is 3. The van der Waals surface area contributed by atoms with Crippen LogP contribution in [-0.4, -0.2) is 45.7 Å². The molecular weight excluding hydrogens is 451 g/mol. The average molecular weight is 484 g/mol. The molecule has 188 valence electrons. The van der Waals surface area contributed by atoms with E-state index in [1.54, 1.807) is 10.7 Å². The number of nitrogens with zero attached hydrogens (tertiary/aromatic N) is 2. The van der Waals surface area contributed by atoms with Gasteiger partial charge in [0, 0.05) is 12.0 Å². The van der Waals surface area contributed by atoms with Gasteiger partial charge in [0.15, 0.2) is 0 Å². The van der Waals surface area contributed by atoms with Gasteiger partial charge in [-0.3, -0.25) is 9.48 Å². The monoisotopic (exact) mass is 483 g/mol. The number of carbonyl (C=O) groups is 1. The molecule has 7 nitrogen and oxygen atoms in total. The van der Waals surface area contributed by atoms with E-state index in [0.29, 0.717) is 18.8 Å². The van der Waals surface area contributed by atoms with Crippen molar-refractivity contribution in [2.24, 2.45) is 0 Å². The molecule has 1 fully saturated rings. The maximum Gasteiger partial charge on any atom is 0.416 e. The van der Waals surface area contributed by atoms with Crippen LogP contribution in [-0.2, 0) is 22.9 Å². The average Bonchev–Trinajstić information content (AvgIpc) is 3.35. The summed E-state index contributed by atoms with van der Waals surface area (Å²) in [7, 11) is 0. The van der Waals surface area contributed by atoms with Crippen molar-refractivity contribution in [3.8, 4) is 5.75 Å². The summed E-state index contributed by atoms with van der Waals surface area (Å²) in [5.74, 6) is -0.599. The first-order chi connectivity index (χ1) is 15.6. The van der Waals surface area contributed by atoms with Crippen LogP contribution in [0.2, 0.25) is 0 Å². The maximum atomic E-state index is 13.3. The number of nitrogens with one attached hydrogen (secondary N) is 1. The van der Waals surface area contributed by atoms with Crippen LogP contribution in [0.15, 0.2) is 24.3 Å². The number of ether oxygens (including phenoxy) is 2. The predicted octanol–water partition coefficient (Wildman–Crippen LogP) is 4.78. The van der Waals surface area contributed by atoms with Crippen molar-refractivity contribution >= 4 is 11.6 Å². The van der Waals surface area contributed by atoms with Crippen LogP contribution in [0.4, 0.5) is 18.9 Å². The number of hydrogen-bond acceptors (Lipinski definition) is 5. The summed E-state index contributed by atoms with van der Waals surface area (Å²) in [6.45, 7) is 9.73. The number of hydrogen-bond donors (Lipinski definition) is 2. The molecule has 1 aliphatic rings. The lowest BCUT2D eigenvalue weighted by atomic mass is 9.92. The van der Waals surface area contributed by atoms with Gasteiger partial charge in [0.2, 0.25) is 0 Å². The lowest BCUT2D eigenvalue weighted by molar-refractivity contribution is -0.137. The predicted molar refractivity (Wildman–Crippen MR) is 121 cm³/mol. The van der Waals surface area contributed by atoms with E-state index in [1.807, 2.05) is 20.8 Å². The smallest absolute Gasteiger partial charge is 0.416 e. The van der Waals surface area contributed by atoms with Gasteiger partial charge in [-0.2, -0.15) is 18.3 Å². The fourth-order valence-corrected chi connectivity index (χ4v) is 3.46. The topological polar surface area (TPSA) is 85.6 Å². The van der Waals surface area contributed by atoms with Crippen LogP contribution in [0.3, 0.4) is 0 Å².